The molecular weight excluding hydrogens is 376 g/mol. The Kier molecular flexibility index (Phi) is 7.48. The van der Waals surface area contributed by atoms with E-state index in [0.717, 1.165) is 30.6 Å². The molecule has 1 saturated heterocycles. The predicted molar refractivity (Wildman–Crippen MR) is 109 cm³/mol. The standard InChI is InChI=1S/C21H32N2O4S/c1-14-5-2-6-15(13-14)17-8-3-11-23(17)21(27)19(25)18(24)20(26)22-10-9-16-7-4-12-28-16/h4,7,12,14-15,17-19,24-25H,2-3,5-6,8-11,13H2,1H3,(H,22,26)/t14?,15-,17?,18+,19+/m0/s1. The molecule has 1 aliphatic heterocycles. The fourth-order valence-electron chi connectivity index (χ4n) is 4.70. The first-order valence-electron chi connectivity index (χ1n) is 10.4. The van der Waals surface area contributed by atoms with Gasteiger partial charge in [-0.2, -0.15) is 0 Å². The molecule has 3 N–H and O–H groups in total. The van der Waals surface area contributed by atoms with E-state index >= 15 is 0 Å². The molecule has 0 aromatic carbocycles. The van der Waals surface area contributed by atoms with Crippen LogP contribution < -0.4 is 5.32 Å². The van der Waals surface area contributed by atoms with Crippen molar-refractivity contribution in [3.05, 3.63) is 22.4 Å². The number of thiophene rings is 1. The van der Waals surface area contributed by atoms with E-state index in [-0.39, 0.29) is 6.04 Å². The summed E-state index contributed by atoms with van der Waals surface area (Å²) in [7, 11) is 0. The van der Waals surface area contributed by atoms with E-state index in [1.165, 1.54) is 12.8 Å². The maximum Gasteiger partial charge on any atom is 0.254 e. The molecule has 2 unspecified atom stereocenters. The van der Waals surface area contributed by atoms with Gasteiger partial charge in [0.1, 0.15) is 0 Å². The van der Waals surface area contributed by atoms with Crippen molar-refractivity contribution in [3.8, 4) is 0 Å². The summed E-state index contributed by atoms with van der Waals surface area (Å²) in [5, 5.41) is 25.2. The highest BCUT2D eigenvalue weighted by molar-refractivity contribution is 7.09. The van der Waals surface area contributed by atoms with Gasteiger partial charge in [-0.3, -0.25) is 9.59 Å². The van der Waals surface area contributed by atoms with Crippen LogP contribution in [0.25, 0.3) is 0 Å². The lowest BCUT2D eigenvalue weighted by Crippen LogP contribution is -2.53. The van der Waals surface area contributed by atoms with Crippen LogP contribution in [0.4, 0.5) is 0 Å². The van der Waals surface area contributed by atoms with Crippen molar-refractivity contribution < 1.29 is 19.8 Å². The van der Waals surface area contributed by atoms with Crippen LogP contribution in [0.3, 0.4) is 0 Å². The summed E-state index contributed by atoms with van der Waals surface area (Å²) in [6.45, 7) is 3.22. The average Bonchev–Trinajstić information content (AvgIpc) is 3.38. The van der Waals surface area contributed by atoms with Crippen molar-refractivity contribution in [2.45, 2.75) is 70.1 Å². The van der Waals surface area contributed by atoms with Gasteiger partial charge in [0.2, 0.25) is 0 Å². The third kappa shape index (κ3) is 5.13. The molecule has 0 spiro atoms. The minimum Gasteiger partial charge on any atom is -0.380 e. The number of amides is 2. The van der Waals surface area contributed by atoms with Crippen molar-refractivity contribution in [1.82, 2.24) is 10.2 Å². The van der Waals surface area contributed by atoms with Crippen LogP contribution in [-0.4, -0.2) is 58.3 Å². The van der Waals surface area contributed by atoms with Crippen molar-refractivity contribution in [3.63, 3.8) is 0 Å². The Balaban J connectivity index is 1.52. The summed E-state index contributed by atoms with van der Waals surface area (Å²) in [6.07, 6.45) is 3.72. The Morgan fingerprint density at radius 1 is 1.25 bits per heavy atom. The molecule has 7 heteroatoms. The number of carbonyl (C=O) groups excluding carboxylic acids is 2. The number of aliphatic hydroxyl groups is 2. The first-order chi connectivity index (χ1) is 13.5. The number of hydrogen-bond acceptors (Lipinski definition) is 5. The van der Waals surface area contributed by atoms with Gasteiger partial charge in [0.15, 0.2) is 12.2 Å². The largest absolute Gasteiger partial charge is 0.380 e. The van der Waals surface area contributed by atoms with E-state index < -0.39 is 24.0 Å². The number of likely N-dealkylation sites (tertiary alicyclic amines) is 1. The summed E-state index contributed by atoms with van der Waals surface area (Å²) in [5.41, 5.74) is 0. The van der Waals surface area contributed by atoms with Crippen molar-refractivity contribution >= 4 is 23.2 Å². The van der Waals surface area contributed by atoms with Gasteiger partial charge in [0.05, 0.1) is 0 Å². The van der Waals surface area contributed by atoms with E-state index in [0.29, 0.717) is 31.3 Å². The van der Waals surface area contributed by atoms with Crippen LogP contribution in [0.15, 0.2) is 17.5 Å². The molecule has 3 rings (SSSR count). The zero-order valence-electron chi connectivity index (χ0n) is 16.5. The van der Waals surface area contributed by atoms with Gasteiger partial charge >= 0.3 is 0 Å². The number of rotatable bonds is 7. The highest BCUT2D eigenvalue weighted by atomic mass is 32.1. The van der Waals surface area contributed by atoms with E-state index in [2.05, 4.69) is 12.2 Å². The van der Waals surface area contributed by atoms with Gasteiger partial charge in [0.25, 0.3) is 11.8 Å². The fraction of sp³-hybridized carbons (Fsp3) is 0.714. The first-order valence-corrected chi connectivity index (χ1v) is 11.3. The van der Waals surface area contributed by atoms with Gasteiger partial charge in [-0.05, 0) is 55.4 Å². The number of nitrogens with zero attached hydrogens (tertiary/aromatic N) is 1. The Morgan fingerprint density at radius 3 is 2.79 bits per heavy atom. The molecule has 1 aromatic rings. The third-order valence-electron chi connectivity index (χ3n) is 6.17. The number of carbonyl (C=O) groups is 2. The number of aliphatic hydroxyl groups excluding tert-OH is 2. The summed E-state index contributed by atoms with van der Waals surface area (Å²) < 4.78 is 0. The molecule has 2 heterocycles. The molecule has 1 saturated carbocycles. The Morgan fingerprint density at radius 2 is 2.07 bits per heavy atom. The van der Waals surface area contributed by atoms with Crippen LogP contribution in [-0.2, 0) is 16.0 Å². The van der Waals surface area contributed by atoms with Gasteiger partial charge < -0.3 is 20.4 Å². The van der Waals surface area contributed by atoms with Gasteiger partial charge in [-0.1, -0.05) is 25.8 Å². The smallest absolute Gasteiger partial charge is 0.254 e. The molecule has 6 nitrogen and oxygen atoms in total. The molecule has 28 heavy (non-hydrogen) atoms. The maximum atomic E-state index is 12.8. The molecule has 0 bridgehead atoms. The molecule has 2 amide bonds. The quantitative estimate of drug-likeness (QED) is 0.643. The monoisotopic (exact) mass is 408 g/mol. The Hall–Kier alpha value is -1.44. The second kappa shape index (κ2) is 9.85. The second-order valence-electron chi connectivity index (χ2n) is 8.28. The maximum absolute atomic E-state index is 12.8. The van der Waals surface area contributed by atoms with Crippen LogP contribution in [0.1, 0.15) is 50.3 Å². The molecule has 1 aliphatic carbocycles. The van der Waals surface area contributed by atoms with Crippen LogP contribution >= 0.6 is 11.3 Å². The number of hydrogen-bond donors (Lipinski definition) is 3. The SMILES string of the molecule is CC1CCC[C@H](C2CCCN2C(=O)[C@H](O)[C@@H](O)C(=O)NCCc2cccs2)C1. The van der Waals surface area contributed by atoms with E-state index in [4.69, 9.17) is 0 Å². The molecule has 1 aromatic heterocycles. The van der Waals surface area contributed by atoms with Crippen LogP contribution in [0, 0.1) is 11.8 Å². The zero-order chi connectivity index (χ0) is 20.1. The van der Waals surface area contributed by atoms with Crippen molar-refractivity contribution in [2.75, 3.05) is 13.1 Å². The van der Waals surface area contributed by atoms with Gasteiger partial charge in [-0.25, -0.2) is 0 Å². The van der Waals surface area contributed by atoms with Crippen LogP contribution in [0.5, 0.6) is 0 Å². The van der Waals surface area contributed by atoms with E-state index in [9.17, 15) is 19.8 Å². The molecular formula is C21H32N2O4S. The normalized spacial score (nSPS) is 27.4. The Bertz CT molecular complexity index is 651. The minimum atomic E-state index is -1.73. The third-order valence-corrected chi connectivity index (χ3v) is 7.11. The zero-order valence-corrected chi connectivity index (χ0v) is 17.4. The highest BCUT2D eigenvalue weighted by Gasteiger charge is 2.41. The molecule has 156 valence electrons. The lowest BCUT2D eigenvalue weighted by molar-refractivity contribution is -0.154. The Labute approximate surface area is 170 Å². The van der Waals surface area contributed by atoms with E-state index in [1.54, 1.807) is 16.2 Å². The summed E-state index contributed by atoms with van der Waals surface area (Å²) in [4.78, 5) is 27.8. The van der Waals surface area contributed by atoms with E-state index in [1.807, 2.05) is 17.5 Å². The fourth-order valence-corrected chi connectivity index (χ4v) is 5.41. The molecule has 5 atom stereocenters. The highest BCUT2D eigenvalue weighted by Crippen LogP contribution is 2.37. The predicted octanol–water partition coefficient (Wildman–Crippen LogP) is 1.95. The molecule has 0 radical (unpaired) electrons. The van der Waals surface area contributed by atoms with Gasteiger partial charge in [0, 0.05) is 24.0 Å². The summed E-state index contributed by atoms with van der Waals surface area (Å²) in [6, 6.07) is 4.04. The van der Waals surface area contributed by atoms with Crippen molar-refractivity contribution in [1.29, 1.82) is 0 Å². The van der Waals surface area contributed by atoms with Crippen molar-refractivity contribution in [2.24, 2.45) is 11.8 Å². The first kappa shape index (κ1) is 21.3. The van der Waals surface area contributed by atoms with Gasteiger partial charge in [-0.15, -0.1) is 11.3 Å². The lowest BCUT2D eigenvalue weighted by Gasteiger charge is -2.37. The average molecular weight is 409 g/mol. The topological polar surface area (TPSA) is 89.9 Å². The summed E-state index contributed by atoms with van der Waals surface area (Å²) in [5.74, 6) is -0.0822. The lowest BCUT2D eigenvalue weighted by atomic mass is 9.78. The number of nitrogens with one attached hydrogen (secondary N) is 1. The summed E-state index contributed by atoms with van der Waals surface area (Å²) >= 11 is 1.60. The molecule has 2 fully saturated rings. The minimum absolute atomic E-state index is 0.124. The molecule has 2 aliphatic rings. The van der Waals surface area contributed by atoms with Crippen LogP contribution in [0.2, 0.25) is 0 Å². The second-order valence-corrected chi connectivity index (χ2v) is 9.32.